The maximum atomic E-state index is 11.6. The maximum Gasteiger partial charge on any atom is 0.239 e. The van der Waals surface area contributed by atoms with Gasteiger partial charge in [-0.2, -0.15) is 5.26 Å². The van der Waals surface area contributed by atoms with Crippen LogP contribution in [0.15, 0.2) is 0 Å². The number of nitriles is 1. The third-order valence-electron chi connectivity index (χ3n) is 2.87. The standard InChI is InChI=1S/C12H20N2O2/c1-12(2,9-13)11(15)14-7-6-10-5-3-4-8-16-10/h10H,3-8H2,1-2H3,(H,14,15). The lowest BCUT2D eigenvalue weighted by molar-refractivity contribution is -0.126. The molecule has 1 aliphatic rings. The molecule has 0 aliphatic carbocycles. The van der Waals surface area contributed by atoms with Gasteiger partial charge in [0.2, 0.25) is 5.91 Å². The molecule has 1 fully saturated rings. The molecule has 1 aliphatic heterocycles. The Labute approximate surface area is 97.0 Å². The summed E-state index contributed by atoms with van der Waals surface area (Å²) in [7, 11) is 0. The zero-order chi connectivity index (χ0) is 12.0. The van der Waals surface area contributed by atoms with Crippen LogP contribution in [-0.2, 0) is 9.53 Å². The molecule has 1 N–H and O–H groups in total. The Morgan fingerprint density at radius 1 is 1.56 bits per heavy atom. The molecule has 16 heavy (non-hydrogen) atoms. The first kappa shape index (κ1) is 13.0. The van der Waals surface area contributed by atoms with Gasteiger partial charge in [-0.05, 0) is 39.5 Å². The minimum absolute atomic E-state index is 0.203. The van der Waals surface area contributed by atoms with Crippen LogP contribution in [0, 0.1) is 16.7 Å². The van der Waals surface area contributed by atoms with E-state index in [2.05, 4.69) is 5.32 Å². The summed E-state index contributed by atoms with van der Waals surface area (Å²) in [6.45, 7) is 4.68. The zero-order valence-electron chi connectivity index (χ0n) is 10.1. The monoisotopic (exact) mass is 224 g/mol. The smallest absolute Gasteiger partial charge is 0.239 e. The van der Waals surface area contributed by atoms with Gasteiger partial charge in [0, 0.05) is 13.2 Å². The number of rotatable bonds is 4. The van der Waals surface area contributed by atoms with Gasteiger partial charge >= 0.3 is 0 Å². The quantitative estimate of drug-likeness (QED) is 0.789. The molecule has 90 valence electrons. The van der Waals surface area contributed by atoms with Crippen LogP contribution >= 0.6 is 0 Å². The van der Waals surface area contributed by atoms with E-state index in [1.54, 1.807) is 13.8 Å². The van der Waals surface area contributed by atoms with E-state index >= 15 is 0 Å². The molecule has 0 saturated carbocycles. The Hall–Kier alpha value is -1.08. The fourth-order valence-electron chi connectivity index (χ4n) is 1.65. The summed E-state index contributed by atoms with van der Waals surface area (Å²) >= 11 is 0. The number of nitrogens with one attached hydrogen (secondary N) is 1. The average molecular weight is 224 g/mol. The van der Waals surface area contributed by atoms with Crippen LogP contribution in [0.1, 0.15) is 39.5 Å². The normalized spacial score (nSPS) is 21.2. The van der Waals surface area contributed by atoms with Crippen LogP contribution in [-0.4, -0.2) is 25.2 Å². The molecular weight excluding hydrogens is 204 g/mol. The number of carbonyl (C=O) groups is 1. The predicted octanol–water partition coefficient (Wildman–Crippen LogP) is 1.61. The lowest BCUT2D eigenvalue weighted by Gasteiger charge is -2.23. The Bertz CT molecular complexity index is 275. The zero-order valence-corrected chi connectivity index (χ0v) is 10.1. The lowest BCUT2D eigenvalue weighted by Crippen LogP contribution is -2.37. The highest BCUT2D eigenvalue weighted by molar-refractivity contribution is 5.84. The van der Waals surface area contributed by atoms with Crippen molar-refractivity contribution in [2.45, 2.75) is 45.6 Å². The summed E-state index contributed by atoms with van der Waals surface area (Å²) in [4.78, 5) is 11.6. The van der Waals surface area contributed by atoms with E-state index in [0.29, 0.717) is 6.54 Å². The lowest BCUT2D eigenvalue weighted by atomic mass is 9.94. The van der Waals surface area contributed by atoms with Crippen molar-refractivity contribution in [3.05, 3.63) is 0 Å². The van der Waals surface area contributed by atoms with E-state index in [-0.39, 0.29) is 12.0 Å². The molecule has 0 bridgehead atoms. The second-order valence-electron chi connectivity index (χ2n) is 4.77. The highest BCUT2D eigenvalue weighted by atomic mass is 16.5. The van der Waals surface area contributed by atoms with E-state index in [9.17, 15) is 4.79 Å². The summed E-state index contributed by atoms with van der Waals surface area (Å²) in [5, 5.41) is 11.6. The SMILES string of the molecule is CC(C)(C#N)C(=O)NCCC1CCCCO1. The number of hydrogen-bond donors (Lipinski definition) is 1. The molecule has 1 rings (SSSR count). The highest BCUT2D eigenvalue weighted by Gasteiger charge is 2.26. The summed E-state index contributed by atoms with van der Waals surface area (Å²) in [6.07, 6.45) is 4.55. The van der Waals surface area contributed by atoms with Crippen molar-refractivity contribution in [2.24, 2.45) is 5.41 Å². The van der Waals surface area contributed by atoms with Crippen molar-refractivity contribution in [3.8, 4) is 6.07 Å². The van der Waals surface area contributed by atoms with Gasteiger partial charge in [0.1, 0.15) is 5.41 Å². The third kappa shape index (κ3) is 3.82. The molecule has 0 radical (unpaired) electrons. The van der Waals surface area contributed by atoms with Gasteiger partial charge in [-0.1, -0.05) is 0 Å². The van der Waals surface area contributed by atoms with Crippen LogP contribution in [0.5, 0.6) is 0 Å². The van der Waals surface area contributed by atoms with Gasteiger partial charge in [0.15, 0.2) is 0 Å². The van der Waals surface area contributed by atoms with Crippen molar-refractivity contribution in [2.75, 3.05) is 13.2 Å². The van der Waals surface area contributed by atoms with E-state index < -0.39 is 5.41 Å². The minimum atomic E-state index is -0.937. The molecule has 1 amide bonds. The predicted molar refractivity (Wildman–Crippen MR) is 60.6 cm³/mol. The fraction of sp³-hybridized carbons (Fsp3) is 0.833. The number of carbonyl (C=O) groups excluding carboxylic acids is 1. The van der Waals surface area contributed by atoms with E-state index in [1.165, 1.54) is 6.42 Å². The fourth-order valence-corrected chi connectivity index (χ4v) is 1.65. The molecule has 4 heteroatoms. The number of ether oxygens (including phenoxy) is 1. The average Bonchev–Trinajstić information content (AvgIpc) is 2.30. The molecular formula is C12H20N2O2. The Kier molecular flexibility index (Phi) is 4.75. The first-order chi connectivity index (χ1) is 7.56. The summed E-state index contributed by atoms with van der Waals surface area (Å²) in [6, 6.07) is 1.99. The molecule has 1 saturated heterocycles. The topological polar surface area (TPSA) is 62.1 Å². The van der Waals surface area contributed by atoms with E-state index in [0.717, 1.165) is 25.9 Å². The van der Waals surface area contributed by atoms with Gasteiger partial charge in [0.25, 0.3) is 0 Å². The van der Waals surface area contributed by atoms with Crippen molar-refractivity contribution in [1.82, 2.24) is 5.32 Å². The largest absolute Gasteiger partial charge is 0.378 e. The molecule has 1 unspecified atom stereocenters. The van der Waals surface area contributed by atoms with Crippen molar-refractivity contribution in [3.63, 3.8) is 0 Å². The molecule has 1 atom stereocenters. The van der Waals surface area contributed by atoms with Crippen LogP contribution in [0.3, 0.4) is 0 Å². The van der Waals surface area contributed by atoms with E-state index in [4.69, 9.17) is 10.00 Å². The number of hydrogen-bond acceptors (Lipinski definition) is 3. The first-order valence-electron chi connectivity index (χ1n) is 5.87. The second-order valence-corrected chi connectivity index (χ2v) is 4.77. The minimum Gasteiger partial charge on any atom is -0.378 e. The Morgan fingerprint density at radius 2 is 2.31 bits per heavy atom. The molecule has 0 spiro atoms. The molecule has 1 heterocycles. The Morgan fingerprint density at radius 3 is 2.88 bits per heavy atom. The maximum absolute atomic E-state index is 11.6. The highest BCUT2D eigenvalue weighted by Crippen LogP contribution is 2.16. The molecule has 4 nitrogen and oxygen atoms in total. The van der Waals surface area contributed by atoms with Gasteiger partial charge < -0.3 is 10.1 Å². The second kappa shape index (κ2) is 5.86. The van der Waals surface area contributed by atoms with Crippen molar-refractivity contribution in [1.29, 1.82) is 5.26 Å². The van der Waals surface area contributed by atoms with Crippen molar-refractivity contribution < 1.29 is 9.53 Å². The van der Waals surface area contributed by atoms with Crippen LogP contribution < -0.4 is 5.32 Å². The summed E-state index contributed by atoms with van der Waals surface area (Å²) in [5.74, 6) is -0.203. The summed E-state index contributed by atoms with van der Waals surface area (Å²) < 4.78 is 5.56. The molecule has 0 aromatic carbocycles. The van der Waals surface area contributed by atoms with Crippen molar-refractivity contribution >= 4 is 5.91 Å². The molecule has 0 aromatic heterocycles. The van der Waals surface area contributed by atoms with Crippen LogP contribution in [0.4, 0.5) is 0 Å². The van der Waals surface area contributed by atoms with E-state index in [1.807, 2.05) is 6.07 Å². The van der Waals surface area contributed by atoms with Gasteiger partial charge in [-0.15, -0.1) is 0 Å². The number of nitrogens with zero attached hydrogens (tertiary/aromatic N) is 1. The van der Waals surface area contributed by atoms with Crippen LogP contribution in [0.2, 0.25) is 0 Å². The van der Waals surface area contributed by atoms with Gasteiger partial charge in [-0.25, -0.2) is 0 Å². The third-order valence-corrected chi connectivity index (χ3v) is 2.87. The first-order valence-corrected chi connectivity index (χ1v) is 5.87. The Balaban J connectivity index is 2.20. The number of amides is 1. The van der Waals surface area contributed by atoms with Crippen LogP contribution in [0.25, 0.3) is 0 Å². The van der Waals surface area contributed by atoms with Gasteiger partial charge in [-0.3, -0.25) is 4.79 Å². The summed E-state index contributed by atoms with van der Waals surface area (Å²) in [5.41, 5.74) is -0.937. The molecule has 0 aromatic rings. The van der Waals surface area contributed by atoms with Gasteiger partial charge in [0.05, 0.1) is 12.2 Å².